The molecule has 1 aliphatic rings. The highest BCUT2D eigenvalue weighted by Crippen LogP contribution is 2.39. The Balaban J connectivity index is 2.29. The number of benzene rings is 1. The van der Waals surface area contributed by atoms with E-state index in [9.17, 15) is 13.2 Å². The predicted octanol–water partition coefficient (Wildman–Crippen LogP) is 3.51. The van der Waals surface area contributed by atoms with Gasteiger partial charge in [0, 0.05) is 24.3 Å². The van der Waals surface area contributed by atoms with Gasteiger partial charge in [0.2, 0.25) is 0 Å². The van der Waals surface area contributed by atoms with Crippen molar-refractivity contribution in [1.29, 1.82) is 0 Å². The van der Waals surface area contributed by atoms with Gasteiger partial charge < -0.3 is 10.1 Å². The molecule has 0 aliphatic carbocycles. The monoisotopic (exact) mass is 245 g/mol. The molecule has 1 aliphatic heterocycles. The van der Waals surface area contributed by atoms with Crippen LogP contribution in [0, 0.1) is 0 Å². The minimum Gasteiger partial charge on any atom is -0.374 e. The molecule has 2 nitrogen and oxygen atoms in total. The summed E-state index contributed by atoms with van der Waals surface area (Å²) < 4.78 is 43.6. The lowest BCUT2D eigenvalue weighted by Crippen LogP contribution is -2.41. The molecule has 2 atom stereocenters. The lowest BCUT2D eigenvalue weighted by molar-refractivity contribution is -0.152. The number of rotatable bonds is 2. The summed E-state index contributed by atoms with van der Waals surface area (Å²) in [4.78, 5) is 0. The number of fused-ring (bicyclic) bond motifs is 1. The van der Waals surface area contributed by atoms with E-state index in [0.29, 0.717) is 12.3 Å². The van der Waals surface area contributed by atoms with Crippen molar-refractivity contribution >= 4 is 5.69 Å². The second-order valence-corrected chi connectivity index (χ2v) is 4.01. The molecule has 5 heteroatoms. The maximum absolute atomic E-state index is 12.7. The number of para-hydroxylation sites is 1. The van der Waals surface area contributed by atoms with Gasteiger partial charge in [-0.3, -0.25) is 0 Å². The summed E-state index contributed by atoms with van der Waals surface area (Å²) >= 11 is 0. The number of alkyl halides is 3. The Kier molecular flexibility index (Phi) is 3.28. The first-order valence-electron chi connectivity index (χ1n) is 5.56. The Bertz CT molecular complexity index is 392. The van der Waals surface area contributed by atoms with Crippen molar-refractivity contribution in [1.82, 2.24) is 0 Å². The zero-order valence-corrected chi connectivity index (χ0v) is 9.42. The van der Waals surface area contributed by atoms with Crippen LogP contribution in [0.2, 0.25) is 0 Å². The van der Waals surface area contributed by atoms with Crippen LogP contribution in [0.1, 0.15) is 25.0 Å². The topological polar surface area (TPSA) is 21.3 Å². The average Bonchev–Trinajstić information content (AvgIpc) is 2.28. The Morgan fingerprint density at radius 2 is 2.06 bits per heavy atom. The van der Waals surface area contributed by atoms with Crippen LogP contribution in [0.25, 0.3) is 0 Å². The van der Waals surface area contributed by atoms with Crippen LogP contribution in [0.15, 0.2) is 24.3 Å². The second-order valence-electron chi connectivity index (χ2n) is 4.01. The Morgan fingerprint density at radius 3 is 2.71 bits per heavy atom. The zero-order valence-electron chi connectivity index (χ0n) is 9.42. The van der Waals surface area contributed by atoms with E-state index in [4.69, 9.17) is 4.74 Å². The summed E-state index contributed by atoms with van der Waals surface area (Å²) in [6.07, 6.45) is -4.80. The van der Waals surface area contributed by atoms with Gasteiger partial charge in [-0.1, -0.05) is 18.2 Å². The predicted molar refractivity (Wildman–Crippen MR) is 58.9 cm³/mol. The standard InChI is InChI=1S/C12H14F3NO/c1-2-17-10-7-11(12(13,14)15)16-9-6-4-3-5-8(9)10/h3-6,10-11,16H,2,7H2,1H3/t10-,11-/m1/s1. The fourth-order valence-corrected chi connectivity index (χ4v) is 2.07. The summed E-state index contributed by atoms with van der Waals surface area (Å²) in [5, 5.41) is 2.52. The van der Waals surface area contributed by atoms with Gasteiger partial charge in [0.25, 0.3) is 0 Å². The van der Waals surface area contributed by atoms with Gasteiger partial charge in [0.15, 0.2) is 0 Å². The molecule has 0 aromatic heterocycles. The van der Waals surface area contributed by atoms with Crippen molar-refractivity contribution in [3.63, 3.8) is 0 Å². The van der Waals surface area contributed by atoms with Crippen molar-refractivity contribution in [3.8, 4) is 0 Å². The lowest BCUT2D eigenvalue weighted by atomic mass is 9.95. The molecule has 17 heavy (non-hydrogen) atoms. The summed E-state index contributed by atoms with van der Waals surface area (Å²) in [5.74, 6) is 0. The Morgan fingerprint density at radius 1 is 1.35 bits per heavy atom. The third kappa shape index (κ3) is 2.54. The SMILES string of the molecule is CCO[C@@H]1C[C@H](C(F)(F)F)Nc2ccccc21. The molecule has 2 rings (SSSR count). The third-order valence-electron chi connectivity index (χ3n) is 2.85. The van der Waals surface area contributed by atoms with Crippen LogP contribution < -0.4 is 5.32 Å². The van der Waals surface area contributed by atoms with Gasteiger partial charge in [0.05, 0.1) is 6.10 Å². The highest BCUT2D eigenvalue weighted by molar-refractivity contribution is 5.55. The van der Waals surface area contributed by atoms with Gasteiger partial charge in [0.1, 0.15) is 6.04 Å². The van der Waals surface area contributed by atoms with E-state index in [1.807, 2.05) is 0 Å². The molecule has 0 saturated heterocycles. The van der Waals surface area contributed by atoms with Gasteiger partial charge in [-0.25, -0.2) is 0 Å². The summed E-state index contributed by atoms with van der Waals surface area (Å²) in [7, 11) is 0. The quantitative estimate of drug-likeness (QED) is 0.860. The normalized spacial score (nSPS) is 24.0. The van der Waals surface area contributed by atoms with Gasteiger partial charge in [-0.2, -0.15) is 13.2 Å². The van der Waals surface area contributed by atoms with Crippen LogP contribution in [0.4, 0.5) is 18.9 Å². The molecule has 1 aromatic rings. The molecular weight excluding hydrogens is 231 g/mol. The first-order chi connectivity index (χ1) is 8.02. The van der Waals surface area contributed by atoms with Gasteiger partial charge in [-0.15, -0.1) is 0 Å². The molecule has 0 radical (unpaired) electrons. The molecule has 0 amide bonds. The minimum atomic E-state index is -4.25. The Hall–Kier alpha value is -1.23. The Labute approximate surface area is 97.8 Å². The second kappa shape index (κ2) is 4.56. The fourth-order valence-electron chi connectivity index (χ4n) is 2.07. The smallest absolute Gasteiger partial charge is 0.374 e. The lowest BCUT2D eigenvalue weighted by Gasteiger charge is -2.33. The summed E-state index contributed by atoms with van der Waals surface area (Å²) in [6, 6.07) is 5.44. The molecule has 0 saturated carbocycles. The van der Waals surface area contributed by atoms with Crippen LogP contribution in [-0.4, -0.2) is 18.8 Å². The van der Waals surface area contributed by atoms with Crippen molar-refractivity contribution in [3.05, 3.63) is 29.8 Å². The molecular formula is C12H14F3NO. The largest absolute Gasteiger partial charge is 0.408 e. The molecule has 0 unspecified atom stereocenters. The van der Waals surface area contributed by atoms with Gasteiger partial charge in [-0.05, 0) is 13.0 Å². The number of ether oxygens (including phenoxy) is 1. The van der Waals surface area contributed by atoms with Crippen LogP contribution in [-0.2, 0) is 4.74 Å². The molecule has 1 N–H and O–H groups in total. The van der Waals surface area contributed by atoms with Crippen LogP contribution >= 0.6 is 0 Å². The highest BCUT2D eigenvalue weighted by Gasteiger charge is 2.44. The van der Waals surface area contributed by atoms with E-state index in [-0.39, 0.29) is 6.42 Å². The fraction of sp³-hybridized carbons (Fsp3) is 0.500. The van der Waals surface area contributed by atoms with Crippen LogP contribution in [0.5, 0.6) is 0 Å². The number of hydrogen-bond donors (Lipinski definition) is 1. The van der Waals surface area contributed by atoms with E-state index in [2.05, 4.69) is 5.32 Å². The van der Waals surface area contributed by atoms with E-state index in [0.717, 1.165) is 5.56 Å². The van der Waals surface area contributed by atoms with Crippen molar-refractivity contribution in [2.75, 3.05) is 11.9 Å². The third-order valence-corrected chi connectivity index (χ3v) is 2.85. The van der Waals surface area contributed by atoms with Crippen LogP contribution in [0.3, 0.4) is 0 Å². The molecule has 1 aromatic carbocycles. The first kappa shape index (κ1) is 12.2. The molecule has 94 valence electrons. The number of anilines is 1. The maximum Gasteiger partial charge on any atom is 0.408 e. The number of nitrogens with one attached hydrogen (secondary N) is 1. The van der Waals surface area contributed by atoms with Gasteiger partial charge >= 0.3 is 6.18 Å². The highest BCUT2D eigenvalue weighted by atomic mass is 19.4. The first-order valence-corrected chi connectivity index (χ1v) is 5.56. The molecule has 0 bridgehead atoms. The van der Waals surface area contributed by atoms with E-state index in [1.54, 1.807) is 31.2 Å². The average molecular weight is 245 g/mol. The van der Waals surface area contributed by atoms with Crippen molar-refractivity contribution < 1.29 is 17.9 Å². The summed E-state index contributed by atoms with van der Waals surface area (Å²) in [6.45, 7) is 2.19. The summed E-state index contributed by atoms with van der Waals surface area (Å²) in [5.41, 5.74) is 1.31. The van der Waals surface area contributed by atoms with E-state index < -0.39 is 18.3 Å². The zero-order chi connectivity index (χ0) is 12.5. The molecule has 0 fully saturated rings. The number of halogens is 3. The van der Waals surface area contributed by atoms with Crippen molar-refractivity contribution in [2.45, 2.75) is 31.7 Å². The van der Waals surface area contributed by atoms with Crippen molar-refractivity contribution in [2.24, 2.45) is 0 Å². The maximum atomic E-state index is 12.7. The molecule has 0 spiro atoms. The van der Waals surface area contributed by atoms with E-state index in [1.165, 1.54) is 0 Å². The number of hydrogen-bond acceptors (Lipinski definition) is 2. The minimum absolute atomic E-state index is 0.0750. The molecule has 1 heterocycles. The van der Waals surface area contributed by atoms with E-state index >= 15 is 0 Å².